The molecule has 1 unspecified atom stereocenters. The van der Waals surface area contributed by atoms with Gasteiger partial charge in [0.1, 0.15) is 5.75 Å². The number of hydrogen-bond acceptors (Lipinski definition) is 5. The molecule has 0 radical (unpaired) electrons. The van der Waals surface area contributed by atoms with E-state index in [0.29, 0.717) is 12.6 Å². The Balaban J connectivity index is 1.58. The Bertz CT molecular complexity index is 643. The van der Waals surface area contributed by atoms with Gasteiger partial charge in [0.2, 0.25) is 0 Å². The van der Waals surface area contributed by atoms with Crippen LogP contribution in [0.25, 0.3) is 0 Å². The number of nitrogens with zero attached hydrogens (tertiary/aromatic N) is 2. The van der Waals surface area contributed by atoms with E-state index in [-0.39, 0.29) is 17.4 Å². The van der Waals surface area contributed by atoms with Crippen molar-refractivity contribution in [2.45, 2.75) is 64.1 Å². The first-order valence-electron chi connectivity index (χ1n) is 9.47. The van der Waals surface area contributed by atoms with Crippen molar-refractivity contribution >= 4 is 5.69 Å². The number of hydrogen-bond donors (Lipinski definition) is 0. The molecule has 0 N–H and O–H groups in total. The Hall–Kier alpha value is -1.66. The molecular formula is C19H26N2O4. The largest absolute Gasteiger partial charge is 0.467 e. The van der Waals surface area contributed by atoms with E-state index in [1.165, 1.54) is 44.9 Å². The summed E-state index contributed by atoms with van der Waals surface area (Å²) in [5.74, 6) is 1.58. The number of likely N-dealkylation sites (tertiary alicyclic amines) is 1. The highest BCUT2D eigenvalue weighted by Crippen LogP contribution is 2.38. The zero-order valence-electron chi connectivity index (χ0n) is 14.6. The fourth-order valence-corrected chi connectivity index (χ4v) is 4.82. The first-order valence-corrected chi connectivity index (χ1v) is 9.47. The minimum atomic E-state index is -0.318. The van der Waals surface area contributed by atoms with E-state index < -0.39 is 0 Å². The molecule has 25 heavy (non-hydrogen) atoms. The van der Waals surface area contributed by atoms with Gasteiger partial charge in [-0.2, -0.15) is 0 Å². The summed E-state index contributed by atoms with van der Waals surface area (Å²) in [6, 6.07) is 3.90. The quantitative estimate of drug-likeness (QED) is 0.609. The topological polar surface area (TPSA) is 64.8 Å². The van der Waals surface area contributed by atoms with E-state index in [2.05, 4.69) is 4.90 Å². The predicted molar refractivity (Wildman–Crippen MR) is 93.4 cm³/mol. The number of nitro benzene ring substituents is 1. The monoisotopic (exact) mass is 346 g/mol. The molecule has 136 valence electrons. The van der Waals surface area contributed by atoms with Crippen LogP contribution in [0.5, 0.6) is 5.75 Å². The highest BCUT2D eigenvalue weighted by molar-refractivity contribution is 5.50. The van der Waals surface area contributed by atoms with Crippen LogP contribution in [0.4, 0.5) is 5.69 Å². The van der Waals surface area contributed by atoms with Crippen LogP contribution in [-0.4, -0.2) is 29.2 Å². The van der Waals surface area contributed by atoms with Gasteiger partial charge in [0.05, 0.1) is 11.5 Å². The molecule has 1 saturated heterocycles. The molecule has 0 amide bonds. The van der Waals surface area contributed by atoms with E-state index in [4.69, 9.17) is 9.47 Å². The SMILES string of the molecule is O=[N+]([O-])c1cc2c(c(CN3CCCC3C3CCCCC3)c1)OCOC2. The lowest BCUT2D eigenvalue weighted by Gasteiger charge is -2.34. The smallest absolute Gasteiger partial charge is 0.270 e. The van der Waals surface area contributed by atoms with Gasteiger partial charge in [-0.1, -0.05) is 19.3 Å². The summed E-state index contributed by atoms with van der Waals surface area (Å²) < 4.78 is 11.0. The van der Waals surface area contributed by atoms with Crippen molar-refractivity contribution in [1.29, 1.82) is 0 Å². The summed E-state index contributed by atoms with van der Waals surface area (Å²) >= 11 is 0. The maximum absolute atomic E-state index is 11.3. The van der Waals surface area contributed by atoms with Crippen LogP contribution in [0.2, 0.25) is 0 Å². The number of benzene rings is 1. The van der Waals surface area contributed by atoms with Gasteiger partial charge >= 0.3 is 0 Å². The van der Waals surface area contributed by atoms with Gasteiger partial charge in [0.25, 0.3) is 5.69 Å². The van der Waals surface area contributed by atoms with E-state index in [1.807, 2.05) is 0 Å². The van der Waals surface area contributed by atoms with E-state index >= 15 is 0 Å². The summed E-state index contributed by atoms with van der Waals surface area (Å²) in [6.45, 7) is 2.43. The zero-order chi connectivity index (χ0) is 17.2. The molecule has 6 nitrogen and oxygen atoms in total. The van der Waals surface area contributed by atoms with Crippen molar-refractivity contribution in [3.63, 3.8) is 0 Å². The van der Waals surface area contributed by atoms with Gasteiger partial charge < -0.3 is 9.47 Å². The number of ether oxygens (including phenoxy) is 2. The second kappa shape index (κ2) is 7.30. The van der Waals surface area contributed by atoms with Gasteiger partial charge in [-0.25, -0.2) is 0 Å². The average molecular weight is 346 g/mol. The van der Waals surface area contributed by atoms with Crippen molar-refractivity contribution in [3.8, 4) is 5.75 Å². The van der Waals surface area contributed by atoms with Crippen molar-refractivity contribution in [2.75, 3.05) is 13.3 Å². The lowest BCUT2D eigenvalue weighted by atomic mass is 9.83. The highest BCUT2D eigenvalue weighted by atomic mass is 16.7. The zero-order valence-corrected chi connectivity index (χ0v) is 14.6. The molecule has 0 aromatic heterocycles. The van der Waals surface area contributed by atoms with E-state index in [9.17, 15) is 10.1 Å². The fraction of sp³-hybridized carbons (Fsp3) is 0.684. The second-order valence-corrected chi connectivity index (χ2v) is 7.54. The summed E-state index contributed by atoms with van der Waals surface area (Å²) in [5, 5.41) is 11.3. The number of fused-ring (bicyclic) bond motifs is 1. The Labute approximate surface area is 148 Å². The number of non-ortho nitro benzene ring substituents is 1. The van der Waals surface area contributed by atoms with Crippen LogP contribution in [0.15, 0.2) is 12.1 Å². The number of nitro groups is 1. The number of rotatable bonds is 4. The molecule has 2 fully saturated rings. The molecule has 1 saturated carbocycles. The standard InChI is InChI=1S/C19H26N2O4/c22-21(23)17-9-15(19-16(10-17)12-24-13-25-19)11-20-8-4-7-18(20)14-5-2-1-3-6-14/h9-10,14,18H,1-8,11-13H2. The molecule has 1 atom stereocenters. The van der Waals surface area contributed by atoms with Crippen LogP contribution in [0.3, 0.4) is 0 Å². The van der Waals surface area contributed by atoms with Crippen molar-refractivity contribution in [1.82, 2.24) is 4.90 Å². The van der Waals surface area contributed by atoms with Gasteiger partial charge in [-0.05, 0) is 38.1 Å². The average Bonchev–Trinajstić information content (AvgIpc) is 3.10. The molecular weight excluding hydrogens is 320 g/mol. The lowest BCUT2D eigenvalue weighted by Crippen LogP contribution is -2.36. The second-order valence-electron chi connectivity index (χ2n) is 7.54. The van der Waals surface area contributed by atoms with Crippen molar-refractivity contribution in [3.05, 3.63) is 33.4 Å². The van der Waals surface area contributed by atoms with Crippen molar-refractivity contribution < 1.29 is 14.4 Å². The Kier molecular flexibility index (Phi) is 4.90. The van der Waals surface area contributed by atoms with Crippen molar-refractivity contribution in [2.24, 2.45) is 5.92 Å². The first kappa shape index (κ1) is 16.8. The predicted octanol–water partition coefficient (Wildman–Crippen LogP) is 4.01. The van der Waals surface area contributed by atoms with Gasteiger partial charge in [0.15, 0.2) is 6.79 Å². The maximum Gasteiger partial charge on any atom is 0.270 e. The van der Waals surface area contributed by atoms with Crippen LogP contribution < -0.4 is 4.74 Å². The molecule has 1 aromatic carbocycles. The Morgan fingerprint density at radius 2 is 2.00 bits per heavy atom. The molecule has 2 aliphatic heterocycles. The third-order valence-corrected chi connectivity index (χ3v) is 5.96. The summed E-state index contributed by atoms with van der Waals surface area (Å²) in [4.78, 5) is 13.5. The van der Waals surface area contributed by atoms with Crippen LogP contribution in [0, 0.1) is 16.0 Å². The molecule has 3 aliphatic rings. The van der Waals surface area contributed by atoms with Crippen LogP contribution in [-0.2, 0) is 17.9 Å². The van der Waals surface area contributed by atoms with Crippen LogP contribution in [0.1, 0.15) is 56.1 Å². The maximum atomic E-state index is 11.3. The molecule has 1 aromatic rings. The van der Waals surface area contributed by atoms with Gasteiger partial charge in [-0.15, -0.1) is 0 Å². The minimum absolute atomic E-state index is 0.135. The normalized spacial score (nSPS) is 24.7. The molecule has 1 aliphatic carbocycles. The molecule has 2 heterocycles. The summed E-state index contributed by atoms with van der Waals surface area (Å²) in [7, 11) is 0. The first-order chi connectivity index (χ1) is 12.2. The lowest BCUT2D eigenvalue weighted by molar-refractivity contribution is -0.385. The third-order valence-electron chi connectivity index (χ3n) is 5.96. The fourth-order valence-electron chi connectivity index (χ4n) is 4.82. The minimum Gasteiger partial charge on any atom is -0.467 e. The van der Waals surface area contributed by atoms with Gasteiger partial charge in [-0.3, -0.25) is 15.0 Å². The Morgan fingerprint density at radius 1 is 1.16 bits per heavy atom. The summed E-state index contributed by atoms with van der Waals surface area (Å²) in [5.41, 5.74) is 1.87. The molecule has 4 rings (SSSR count). The summed E-state index contributed by atoms with van der Waals surface area (Å²) in [6.07, 6.45) is 9.21. The molecule has 0 spiro atoms. The molecule has 6 heteroatoms. The van der Waals surface area contributed by atoms with E-state index in [1.54, 1.807) is 12.1 Å². The third kappa shape index (κ3) is 3.51. The molecule has 0 bridgehead atoms. The van der Waals surface area contributed by atoms with Gasteiger partial charge in [0, 0.05) is 35.8 Å². The van der Waals surface area contributed by atoms with Crippen LogP contribution >= 0.6 is 0 Å². The Morgan fingerprint density at radius 3 is 2.80 bits per heavy atom. The van der Waals surface area contributed by atoms with E-state index in [0.717, 1.165) is 35.9 Å². The highest BCUT2D eigenvalue weighted by Gasteiger charge is 2.33.